The molecule has 0 spiro atoms. The molecule has 168 valence electrons. The minimum Gasteiger partial charge on any atom is -0.495 e. The lowest BCUT2D eigenvalue weighted by Crippen LogP contribution is -2.40. The lowest BCUT2D eigenvalue weighted by atomic mass is 9.93. The van der Waals surface area contributed by atoms with E-state index >= 15 is 0 Å². The molecule has 0 atom stereocenters. The Morgan fingerprint density at radius 1 is 0.969 bits per heavy atom. The summed E-state index contributed by atoms with van der Waals surface area (Å²) in [5.41, 5.74) is 3.11. The molecular formula is C27H33NO3Si. The Balaban J connectivity index is 2.13. The first kappa shape index (κ1) is 22.6. The predicted octanol–water partition coefficient (Wildman–Crippen LogP) is 6.93. The van der Waals surface area contributed by atoms with Crippen molar-refractivity contribution in [1.82, 2.24) is 4.98 Å². The summed E-state index contributed by atoms with van der Waals surface area (Å²) in [5, 5.41) is 4.23. The molecule has 5 heteroatoms. The van der Waals surface area contributed by atoms with Crippen LogP contribution in [0.1, 0.15) is 38.8 Å². The van der Waals surface area contributed by atoms with E-state index in [-0.39, 0.29) is 10.5 Å². The molecule has 0 unspecified atom stereocenters. The average Bonchev–Trinajstić information content (AvgIpc) is 2.76. The number of nitrogens with one attached hydrogen (secondary N) is 1. The summed E-state index contributed by atoms with van der Waals surface area (Å²) in [6.07, 6.45) is 2.81. The van der Waals surface area contributed by atoms with E-state index < -0.39 is 8.32 Å². The number of hydrogen-bond acceptors (Lipinski definition) is 3. The van der Waals surface area contributed by atoms with Gasteiger partial charge >= 0.3 is 0 Å². The molecule has 0 bridgehead atoms. The summed E-state index contributed by atoms with van der Waals surface area (Å²) in [6.45, 7) is 13.8. The molecule has 0 aliphatic heterocycles. The number of benzene rings is 3. The molecule has 4 aromatic rings. The maximum absolute atomic E-state index is 13.8. The van der Waals surface area contributed by atoms with Gasteiger partial charge in [-0.2, -0.15) is 0 Å². The Hall–Kier alpha value is -2.63. The fourth-order valence-electron chi connectivity index (χ4n) is 4.20. The molecule has 4 nitrogen and oxygen atoms in total. The molecule has 0 saturated heterocycles. The molecule has 1 aromatic heterocycles. The van der Waals surface area contributed by atoms with Gasteiger partial charge in [-0.25, -0.2) is 0 Å². The van der Waals surface area contributed by atoms with E-state index in [1.807, 2.05) is 30.5 Å². The molecule has 0 fully saturated rings. The topological polar surface area (TPSA) is 51.3 Å². The summed E-state index contributed by atoms with van der Waals surface area (Å²) in [7, 11) is -0.305. The van der Waals surface area contributed by atoms with Gasteiger partial charge < -0.3 is 14.1 Å². The van der Waals surface area contributed by atoms with Crippen LogP contribution in [0, 0.1) is 0 Å². The Kier molecular flexibility index (Phi) is 5.68. The van der Waals surface area contributed by atoms with Gasteiger partial charge in [0.2, 0.25) is 0 Å². The Morgan fingerprint density at radius 2 is 1.66 bits per heavy atom. The molecule has 0 amide bonds. The number of methoxy groups -OCH3 is 1. The van der Waals surface area contributed by atoms with Crippen LogP contribution in [-0.2, 0) is 17.5 Å². The van der Waals surface area contributed by atoms with Crippen molar-refractivity contribution in [2.24, 2.45) is 0 Å². The summed E-state index contributed by atoms with van der Waals surface area (Å²) >= 11 is 0. The van der Waals surface area contributed by atoms with Gasteiger partial charge in [-0.1, -0.05) is 52.0 Å². The lowest BCUT2D eigenvalue weighted by molar-refractivity contribution is 0.277. The molecule has 1 heterocycles. The van der Waals surface area contributed by atoms with Crippen molar-refractivity contribution in [3.63, 3.8) is 0 Å². The van der Waals surface area contributed by atoms with Gasteiger partial charge in [-0.15, -0.1) is 0 Å². The largest absolute Gasteiger partial charge is 0.495 e. The van der Waals surface area contributed by atoms with Gasteiger partial charge in [-0.05, 0) is 47.8 Å². The molecule has 1 N–H and O–H groups in total. The zero-order chi connectivity index (χ0) is 23.3. The van der Waals surface area contributed by atoms with E-state index in [1.165, 1.54) is 5.56 Å². The molecule has 0 aliphatic carbocycles. The third-order valence-corrected chi connectivity index (χ3v) is 11.6. The Labute approximate surface area is 190 Å². The van der Waals surface area contributed by atoms with Crippen LogP contribution in [0.15, 0.2) is 47.4 Å². The van der Waals surface area contributed by atoms with E-state index in [1.54, 1.807) is 7.11 Å². The number of rotatable bonds is 5. The second kappa shape index (κ2) is 8.05. The number of hydrogen-bond donors (Lipinski definition) is 1. The van der Waals surface area contributed by atoms with Gasteiger partial charge in [0.15, 0.2) is 13.7 Å². The van der Waals surface area contributed by atoms with Crippen molar-refractivity contribution in [3.05, 3.63) is 63.9 Å². The fraction of sp³-hybridized carbons (Fsp3) is 0.370. The minimum atomic E-state index is -1.99. The number of ether oxygens (including phenoxy) is 1. The van der Waals surface area contributed by atoms with Gasteiger partial charge in [0.25, 0.3) is 0 Å². The minimum absolute atomic E-state index is 0.0279. The highest BCUT2D eigenvalue weighted by atomic mass is 28.4. The highest BCUT2D eigenvalue weighted by molar-refractivity contribution is 6.74. The van der Waals surface area contributed by atoms with Crippen molar-refractivity contribution in [2.45, 2.75) is 58.9 Å². The van der Waals surface area contributed by atoms with E-state index in [2.05, 4.69) is 57.9 Å². The van der Waals surface area contributed by atoms with Crippen molar-refractivity contribution in [2.75, 3.05) is 7.11 Å². The standard InChI is InChI=1S/C27H33NO3Si/c1-8-17-13-14-28-24-21(17)15-18(16-31-32(6,7)27(2,3)4)22-23(24)25(29)19-11-9-10-12-20(19)26(22)30-5/h9-15,28H,8,16H2,1-7H3. The quantitative estimate of drug-likeness (QED) is 0.205. The highest BCUT2D eigenvalue weighted by Gasteiger charge is 2.37. The average molecular weight is 448 g/mol. The van der Waals surface area contributed by atoms with E-state index in [0.717, 1.165) is 39.4 Å². The summed E-state index contributed by atoms with van der Waals surface area (Å²) in [5.74, 6) is 0.737. The predicted molar refractivity (Wildman–Crippen MR) is 137 cm³/mol. The van der Waals surface area contributed by atoms with Crippen LogP contribution in [0.5, 0.6) is 5.75 Å². The third kappa shape index (κ3) is 3.53. The number of aromatic amines is 1. The second-order valence-electron chi connectivity index (χ2n) is 10.0. The maximum Gasteiger partial charge on any atom is 0.196 e. The van der Waals surface area contributed by atoms with Gasteiger partial charge in [0.1, 0.15) is 5.75 Å². The van der Waals surface area contributed by atoms with Gasteiger partial charge in [-0.3, -0.25) is 4.79 Å². The van der Waals surface area contributed by atoms with E-state index in [9.17, 15) is 4.79 Å². The van der Waals surface area contributed by atoms with Crippen LogP contribution >= 0.6 is 0 Å². The van der Waals surface area contributed by atoms with Crippen molar-refractivity contribution in [3.8, 4) is 5.75 Å². The van der Waals surface area contributed by atoms with Crippen molar-refractivity contribution in [1.29, 1.82) is 0 Å². The molecule has 3 aromatic carbocycles. The molecule has 0 aliphatic rings. The first-order valence-electron chi connectivity index (χ1n) is 11.3. The van der Waals surface area contributed by atoms with Crippen LogP contribution < -0.4 is 10.2 Å². The third-order valence-electron chi connectivity index (χ3n) is 7.12. The normalized spacial score (nSPS) is 12.7. The van der Waals surface area contributed by atoms with Gasteiger partial charge in [0, 0.05) is 27.7 Å². The van der Waals surface area contributed by atoms with Crippen LogP contribution in [-0.4, -0.2) is 20.4 Å². The van der Waals surface area contributed by atoms with E-state index in [0.29, 0.717) is 17.4 Å². The van der Waals surface area contributed by atoms with Crippen LogP contribution in [0.2, 0.25) is 18.1 Å². The SMILES string of the molecule is CCc1cc[nH]c2c1cc(CO[Si](C)(C)C(C)(C)C)c1c(OC)c3ccccc3c(=O)c12. The molecular weight excluding hydrogens is 414 g/mol. The van der Waals surface area contributed by atoms with E-state index in [4.69, 9.17) is 9.16 Å². The summed E-state index contributed by atoms with van der Waals surface area (Å²) < 4.78 is 12.6. The molecule has 4 rings (SSSR count). The number of aryl methyl sites for hydroxylation is 1. The summed E-state index contributed by atoms with van der Waals surface area (Å²) in [4.78, 5) is 17.1. The number of pyridine rings is 1. The first-order valence-corrected chi connectivity index (χ1v) is 14.2. The lowest BCUT2D eigenvalue weighted by Gasteiger charge is -2.36. The Morgan fingerprint density at radius 3 is 2.28 bits per heavy atom. The zero-order valence-electron chi connectivity index (χ0n) is 20.2. The second-order valence-corrected chi connectivity index (χ2v) is 14.8. The number of H-pyrrole nitrogens is 1. The molecule has 32 heavy (non-hydrogen) atoms. The Bertz CT molecular complexity index is 1380. The van der Waals surface area contributed by atoms with Crippen molar-refractivity contribution < 1.29 is 9.16 Å². The fourth-order valence-corrected chi connectivity index (χ4v) is 5.15. The number of fused-ring (bicyclic) bond motifs is 4. The van der Waals surface area contributed by atoms with Gasteiger partial charge in [0.05, 0.1) is 24.6 Å². The highest BCUT2D eigenvalue weighted by Crippen LogP contribution is 2.41. The smallest absolute Gasteiger partial charge is 0.196 e. The van der Waals surface area contributed by atoms with Crippen LogP contribution in [0.25, 0.3) is 32.4 Å². The van der Waals surface area contributed by atoms with Crippen molar-refractivity contribution >= 4 is 40.8 Å². The number of aromatic nitrogens is 1. The maximum atomic E-state index is 13.8. The molecule has 0 radical (unpaired) electrons. The zero-order valence-corrected chi connectivity index (χ0v) is 21.2. The molecule has 0 saturated carbocycles. The van der Waals surface area contributed by atoms with Crippen LogP contribution in [0.4, 0.5) is 0 Å². The summed E-state index contributed by atoms with van der Waals surface area (Å²) in [6, 6.07) is 12.0. The van der Waals surface area contributed by atoms with Crippen LogP contribution in [0.3, 0.4) is 0 Å². The monoisotopic (exact) mass is 447 g/mol. The first-order chi connectivity index (χ1) is 15.1.